The van der Waals surface area contributed by atoms with E-state index in [2.05, 4.69) is 4.18 Å². The van der Waals surface area contributed by atoms with Gasteiger partial charge < -0.3 is 14.6 Å². The minimum absolute atomic E-state index is 0.0338. The summed E-state index contributed by atoms with van der Waals surface area (Å²) in [5.41, 5.74) is 0.385. The fraction of sp³-hybridized carbons (Fsp3) is 0.455. The molecule has 0 radical (unpaired) electrons. The number of phenols is 1. The first-order chi connectivity index (χ1) is 8.85. The molecule has 0 aliphatic carbocycles. The van der Waals surface area contributed by atoms with E-state index in [0.29, 0.717) is 5.56 Å². The van der Waals surface area contributed by atoms with E-state index < -0.39 is 22.5 Å². The van der Waals surface area contributed by atoms with Crippen LogP contribution in [0.2, 0.25) is 0 Å². The number of methoxy groups -OCH3 is 1. The van der Waals surface area contributed by atoms with Gasteiger partial charge in [-0.3, -0.25) is 4.18 Å². The third-order valence-electron chi connectivity index (χ3n) is 2.32. The molecule has 3 N–H and O–H groups in total. The van der Waals surface area contributed by atoms with Crippen LogP contribution in [0.1, 0.15) is 18.6 Å². The zero-order valence-corrected chi connectivity index (χ0v) is 11.5. The molecular weight excluding hydrogens is 274 g/mol. The normalized spacial score (nSPS) is 15.1. The highest BCUT2D eigenvalue weighted by Crippen LogP contribution is 2.30. The Labute approximate surface area is 112 Å². The molecule has 0 aromatic heterocycles. The molecule has 0 heterocycles. The molecular formula is C11H17NO6S. The molecule has 1 aromatic carbocycles. The fourth-order valence-electron chi connectivity index (χ4n) is 1.61. The number of para-hydroxylation sites is 1. The van der Waals surface area contributed by atoms with Gasteiger partial charge in [0.1, 0.15) is 24.8 Å². The van der Waals surface area contributed by atoms with Crippen molar-refractivity contribution in [1.29, 1.82) is 0 Å². The van der Waals surface area contributed by atoms with Gasteiger partial charge in [0.05, 0.1) is 0 Å². The summed E-state index contributed by atoms with van der Waals surface area (Å²) in [5, 5.41) is 14.6. The number of hydrogen-bond acceptors (Lipinski definition) is 6. The van der Waals surface area contributed by atoms with Gasteiger partial charge >= 0.3 is 10.3 Å². The minimum Gasteiger partial charge on any atom is -0.508 e. The van der Waals surface area contributed by atoms with E-state index in [1.165, 1.54) is 20.1 Å². The standard InChI is InChI=1S/C11H17NO6S/c1-8(18-19(12,14)15)11(17-7-16-2)9-5-3-4-6-10(9)13/h3-6,8,11,13H,7H2,1-2H3,(H2,12,14,15). The zero-order valence-electron chi connectivity index (χ0n) is 10.6. The van der Waals surface area contributed by atoms with E-state index in [1.807, 2.05) is 0 Å². The highest BCUT2D eigenvalue weighted by Gasteiger charge is 2.26. The summed E-state index contributed by atoms with van der Waals surface area (Å²) in [5.74, 6) is -0.0338. The van der Waals surface area contributed by atoms with E-state index in [9.17, 15) is 13.5 Å². The Kier molecular flexibility index (Phi) is 5.70. The second-order valence-corrected chi connectivity index (χ2v) is 5.02. The molecule has 19 heavy (non-hydrogen) atoms. The van der Waals surface area contributed by atoms with Crippen molar-refractivity contribution in [2.75, 3.05) is 13.9 Å². The Hall–Kier alpha value is -1.19. The number of rotatable bonds is 7. The van der Waals surface area contributed by atoms with Gasteiger partial charge in [0.15, 0.2) is 0 Å². The highest BCUT2D eigenvalue weighted by atomic mass is 32.2. The van der Waals surface area contributed by atoms with Crippen molar-refractivity contribution in [1.82, 2.24) is 0 Å². The van der Waals surface area contributed by atoms with Crippen LogP contribution in [-0.4, -0.2) is 33.5 Å². The monoisotopic (exact) mass is 291 g/mol. The van der Waals surface area contributed by atoms with Crippen LogP contribution in [0, 0.1) is 0 Å². The molecule has 0 spiro atoms. The van der Waals surface area contributed by atoms with Gasteiger partial charge in [0.25, 0.3) is 0 Å². The average molecular weight is 291 g/mol. The number of benzene rings is 1. The summed E-state index contributed by atoms with van der Waals surface area (Å²) in [4.78, 5) is 0. The molecule has 0 saturated heterocycles. The first kappa shape index (κ1) is 15.9. The van der Waals surface area contributed by atoms with Gasteiger partial charge in [-0.25, -0.2) is 5.14 Å². The number of aromatic hydroxyl groups is 1. The van der Waals surface area contributed by atoms with Crippen LogP contribution in [0.25, 0.3) is 0 Å². The van der Waals surface area contributed by atoms with Crippen LogP contribution in [0.15, 0.2) is 24.3 Å². The number of nitrogens with two attached hydrogens (primary N) is 1. The molecule has 0 aliphatic heterocycles. The summed E-state index contributed by atoms with van der Waals surface area (Å²) in [6.07, 6.45) is -1.75. The number of hydrogen-bond donors (Lipinski definition) is 2. The second kappa shape index (κ2) is 6.83. The van der Waals surface area contributed by atoms with E-state index >= 15 is 0 Å². The lowest BCUT2D eigenvalue weighted by atomic mass is 10.0. The lowest BCUT2D eigenvalue weighted by molar-refractivity contribution is -0.104. The van der Waals surface area contributed by atoms with Crippen molar-refractivity contribution in [3.05, 3.63) is 29.8 Å². The summed E-state index contributed by atoms with van der Waals surface area (Å²) < 4.78 is 36.7. The first-order valence-electron chi connectivity index (χ1n) is 5.44. The van der Waals surface area contributed by atoms with Crippen LogP contribution >= 0.6 is 0 Å². The summed E-state index contributed by atoms with van der Waals surface area (Å²) in [6.45, 7) is 1.38. The van der Waals surface area contributed by atoms with E-state index in [1.54, 1.807) is 18.2 Å². The molecule has 0 fully saturated rings. The molecule has 0 bridgehead atoms. The van der Waals surface area contributed by atoms with E-state index in [0.717, 1.165) is 0 Å². The Morgan fingerprint density at radius 3 is 2.53 bits per heavy atom. The Morgan fingerprint density at radius 1 is 1.37 bits per heavy atom. The first-order valence-corrected chi connectivity index (χ1v) is 6.91. The predicted molar refractivity (Wildman–Crippen MR) is 67.5 cm³/mol. The van der Waals surface area contributed by atoms with Crippen molar-refractivity contribution in [2.45, 2.75) is 19.1 Å². The number of phenolic OH excluding ortho intramolecular Hbond substituents is 1. The van der Waals surface area contributed by atoms with Crippen molar-refractivity contribution in [3.63, 3.8) is 0 Å². The van der Waals surface area contributed by atoms with Gasteiger partial charge in [0, 0.05) is 12.7 Å². The van der Waals surface area contributed by atoms with E-state index in [-0.39, 0.29) is 12.5 Å². The fourth-order valence-corrected chi connectivity index (χ4v) is 2.13. The van der Waals surface area contributed by atoms with Crippen molar-refractivity contribution < 1.29 is 27.2 Å². The van der Waals surface area contributed by atoms with Gasteiger partial charge in [-0.15, -0.1) is 0 Å². The minimum atomic E-state index is -4.12. The summed E-state index contributed by atoms with van der Waals surface area (Å²) in [7, 11) is -2.69. The maximum Gasteiger partial charge on any atom is 0.333 e. The van der Waals surface area contributed by atoms with E-state index in [4.69, 9.17) is 14.6 Å². The van der Waals surface area contributed by atoms with Crippen molar-refractivity contribution in [2.24, 2.45) is 5.14 Å². The molecule has 0 saturated carbocycles. The summed E-state index contributed by atoms with van der Waals surface area (Å²) in [6, 6.07) is 6.38. The van der Waals surface area contributed by atoms with Crippen molar-refractivity contribution in [3.8, 4) is 5.75 Å². The molecule has 1 aromatic rings. The van der Waals surface area contributed by atoms with Gasteiger partial charge in [-0.2, -0.15) is 8.42 Å². The van der Waals surface area contributed by atoms with Crippen LogP contribution in [0.4, 0.5) is 0 Å². The Morgan fingerprint density at radius 2 is 2.00 bits per heavy atom. The second-order valence-electron chi connectivity index (χ2n) is 3.85. The molecule has 2 atom stereocenters. The molecule has 2 unspecified atom stereocenters. The molecule has 108 valence electrons. The molecule has 0 amide bonds. The van der Waals surface area contributed by atoms with Crippen LogP contribution in [-0.2, 0) is 24.0 Å². The van der Waals surface area contributed by atoms with Gasteiger partial charge in [-0.1, -0.05) is 18.2 Å². The van der Waals surface area contributed by atoms with Crippen LogP contribution in [0.5, 0.6) is 5.75 Å². The lowest BCUT2D eigenvalue weighted by Crippen LogP contribution is -2.28. The number of ether oxygens (including phenoxy) is 2. The third-order valence-corrected chi connectivity index (χ3v) is 2.89. The molecule has 0 aliphatic rings. The summed E-state index contributed by atoms with van der Waals surface area (Å²) >= 11 is 0. The zero-order chi connectivity index (χ0) is 14.5. The molecule has 7 nitrogen and oxygen atoms in total. The third kappa shape index (κ3) is 5.13. The molecule has 8 heteroatoms. The average Bonchev–Trinajstić information content (AvgIpc) is 2.29. The lowest BCUT2D eigenvalue weighted by Gasteiger charge is -2.24. The SMILES string of the molecule is COCOC(c1ccccc1O)C(C)OS(N)(=O)=O. The van der Waals surface area contributed by atoms with Crippen LogP contribution in [0.3, 0.4) is 0 Å². The van der Waals surface area contributed by atoms with Crippen LogP contribution < -0.4 is 5.14 Å². The maximum absolute atomic E-state index is 10.9. The smallest absolute Gasteiger partial charge is 0.333 e. The van der Waals surface area contributed by atoms with Gasteiger partial charge in [-0.05, 0) is 13.0 Å². The Bertz CT molecular complexity index is 504. The maximum atomic E-state index is 10.9. The van der Waals surface area contributed by atoms with Gasteiger partial charge in [0.2, 0.25) is 0 Å². The predicted octanol–water partition coefficient (Wildman–Crippen LogP) is 0.662. The largest absolute Gasteiger partial charge is 0.508 e. The molecule has 1 rings (SSSR count). The Balaban J connectivity index is 2.97. The quantitative estimate of drug-likeness (QED) is 0.714. The highest BCUT2D eigenvalue weighted by molar-refractivity contribution is 7.84. The van der Waals surface area contributed by atoms with Crippen molar-refractivity contribution >= 4 is 10.3 Å². The topological polar surface area (TPSA) is 108 Å².